The first kappa shape index (κ1) is 10.8. The molecule has 1 heterocycles. The van der Waals surface area contributed by atoms with Gasteiger partial charge in [0.25, 0.3) is 0 Å². The van der Waals surface area contributed by atoms with Gasteiger partial charge < -0.3 is 4.98 Å². The van der Waals surface area contributed by atoms with Crippen LogP contribution in [0.3, 0.4) is 0 Å². The molecule has 0 aliphatic heterocycles. The number of benzene rings is 2. The molecular formula is C16H14N2. The lowest BCUT2D eigenvalue weighted by Crippen LogP contribution is -1.88. The molecule has 0 bridgehead atoms. The maximum atomic E-state index is 4.35. The van der Waals surface area contributed by atoms with Gasteiger partial charge in [0.05, 0.1) is 0 Å². The summed E-state index contributed by atoms with van der Waals surface area (Å²) in [6.45, 7) is 2.11. The Morgan fingerprint density at radius 1 is 0.944 bits per heavy atom. The molecule has 2 nitrogen and oxygen atoms in total. The summed E-state index contributed by atoms with van der Waals surface area (Å²) in [4.78, 5) is 7.52. The molecule has 0 atom stereocenters. The molecule has 3 rings (SSSR count). The van der Waals surface area contributed by atoms with Crippen molar-refractivity contribution in [2.45, 2.75) is 6.92 Å². The van der Waals surface area contributed by atoms with Crippen molar-refractivity contribution in [1.29, 1.82) is 0 Å². The predicted molar refractivity (Wildman–Crippen MR) is 74.2 cm³/mol. The van der Waals surface area contributed by atoms with E-state index in [0.717, 1.165) is 11.4 Å². The highest BCUT2D eigenvalue weighted by Crippen LogP contribution is 2.30. The highest BCUT2D eigenvalue weighted by atomic mass is 14.9. The zero-order valence-electron chi connectivity index (χ0n) is 10.2. The number of H-pyrrole nitrogens is 1. The molecule has 0 radical (unpaired) electrons. The minimum Gasteiger partial charge on any atom is -0.345 e. The summed E-state index contributed by atoms with van der Waals surface area (Å²) in [6.07, 6.45) is 3.63. The Labute approximate surface area is 106 Å². The first-order valence-electron chi connectivity index (χ1n) is 6.00. The fraction of sp³-hybridized carbons (Fsp3) is 0.0625. The third-order valence-corrected chi connectivity index (χ3v) is 3.01. The van der Waals surface area contributed by atoms with Gasteiger partial charge in [-0.1, -0.05) is 54.1 Å². The fourth-order valence-electron chi connectivity index (χ4n) is 2.13. The summed E-state index contributed by atoms with van der Waals surface area (Å²) in [6, 6.07) is 16.8. The van der Waals surface area contributed by atoms with Crippen molar-refractivity contribution in [3.8, 4) is 22.5 Å². The largest absolute Gasteiger partial charge is 0.345 e. The number of hydrogen-bond acceptors (Lipinski definition) is 1. The minimum atomic E-state index is 0.911. The zero-order valence-corrected chi connectivity index (χ0v) is 10.2. The Morgan fingerprint density at radius 3 is 2.50 bits per heavy atom. The van der Waals surface area contributed by atoms with E-state index in [-0.39, 0.29) is 0 Å². The molecule has 0 fully saturated rings. The average Bonchev–Trinajstić information content (AvgIpc) is 2.93. The highest BCUT2D eigenvalue weighted by Gasteiger charge is 2.08. The van der Waals surface area contributed by atoms with Crippen molar-refractivity contribution in [3.05, 3.63) is 66.5 Å². The van der Waals surface area contributed by atoms with Crippen LogP contribution < -0.4 is 0 Å². The second-order valence-corrected chi connectivity index (χ2v) is 4.35. The van der Waals surface area contributed by atoms with Gasteiger partial charge >= 0.3 is 0 Å². The van der Waals surface area contributed by atoms with Crippen molar-refractivity contribution in [1.82, 2.24) is 9.97 Å². The van der Waals surface area contributed by atoms with E-state index in [0.29, 0.717) is 0 Å². The van der Waals surface area contributed by atoms with Crippen LogP contribution in [0.1, 0.15) is 5.56 Å². The monoisotopic (exact) mass is 234 g/mol. The number of hydrogen-bond donors (Lipinski definition) is 1. The number of aryl methyl sites for hydroxylation is 1. The van der Waals surface area contributed by atoms with Crippen LogP contribution in [-0.4, -0.2) is 9.97 Å². The molecule has 0 unspecified atom stereocenters. The molecule has 1 aromatic heterocycles. The van der Waals surface area contributed by atoms with Gasteiger partial charge in [-0.3, -0.25) is 0 Å². The van der Waals surface area contributed by atoms with Gasteiger partial charge in [0.15, 0.2) is 0 Å². The smallest absolute Gasteiger partial charge is 0.137 e. The van der Waals surface area contributed by atoms with E-state index in [2.05, 4.69) is 59.4 Å². The maximum Gasteiger partial charge on any atom is 0.137 e. The molecule has 0 amide bonds. The van der Waals surface area contributed by atoms with E-state index >= 15 is 0 Å². The van der Waals surface area contributed by atoms with Gasteiger partial charge in [0.2, 0.25) is 0 Å². The summed E-state index contributed by atoms with van der Waals surface area (Å²) in [7, 11) is 0. The molecule has 0 saturated heterocycles. The lowest BCUT2D eigenvalue weighted by atomic mass is 9.97. The van der Waals surface area contributed by atoms with Crippen molar-refractivity contribution in [2.24, 2.45) is 0 Å². The Hall–Kier alpha value is -2.35. The summed E-state index contributed by atoms with van der Waals surface area (Å²) in [5, 5.41) is 0. The third kappa shape index (κ3) is 1.93. The normalized spacial score (nSPS) is 10.5. The van der Waals surface area contributed by atoms with Crippen molar-refractivity contribution in [2.75, 3.05) is 0 Å². The van der Waals surface area contributed by atoms with Crippen molar-refractivity contribution in [3.63, 3.8) is 0 Å². The Bertz CT molecular complexity index is 640. The van der Waals surface area contributed by atoms with E-state index < -0.39 is 0 Å². The first-order chi connectivity index (χ1) is 8.84. The number of rotatable bonds is 2. The van der Waals surface area contributed by atoms with Crippen LogP contribution in [0.25, 0.3) is 22.5 Å². The summed E-state index contributed by atoms with van der Waals surface area (Å²) in [5.74, 6) is 0.911. The van der Waals surface area contributed by atoms with Crippen LogP contribution in [0.15, 0.2) is 60.9 Å². The molecular weight excluding hydrogens is 220 g/mol. The highest BCUT2D eigenvalue weighted by molar-refractivity contribution is 5.81. The molecule has 0 aliphatic rings. The number of aromatic amines is 1. The molecule has 88 valence electrons. The van der Waals surface area contributed by atoms with Crippen LogP contribution in [-0.2, 0) is 0 Å². The average molecular weight is 234 g/mol. The van der Waals surface area contributed by atoms with E-state index in [1.165, 1.54) is 16.7 Å². The van der Waals surface area contributed by atoms with Crippen LogP contribution in [0, 0.1) is 6.92 Å². The van der Waals surface area contributed by atoms with Crippen LogP contribution in [0.4, 0.5) is 0 Å². The fourth-order valence-corrected chi connectivity index (χ4v) is 2.13. The molecule has 0 spiro atoms. The first-order valence-corrected chi connectivity index (χ1v) is 6.00. The van der Waals surface area contributed by atoms with E-state index in [9.17, 15) is 0 Å². The van der Waals surface area contributed by atoms with Crippen LogP contribution >= 0.6 is 0 Å². The molecule has 0 saturated carbocycles. The lowest BCUT2D eigenvalue weighted by molar-refractivity contribution is 1.30. The summed E-state index contributed by atoms with van der Waals surface area (Å²) in [5.41, 5.74) is 4.82. The standard InChI is InChI=1S/C16H14N2/c1-12-7-8-14(16-17-9-10-18-16)15(11-12)13-5-3-2-4-6-13/h2-11H,1H3,(H,17,18). The van der Waals surface area contributed by atoms with Crippen molar-refractivity contribution < 1.29 is 0 Å². The van der Waals surface area contributed by atoms with Gasteiger partial charge in [0, 0.05) is 18.0 Å². The number of nitrogens with zero attached hydrogens (tertiary/aromatic N) is 1. The van der Waals surface area contributed by atoms with E-state index in [4.69, 9.17) is 0 Å². The molecule has 0 aliphatic carbocycles. The van der Waals surface area contributed by atoms with Gasteiger partial charge in [-0.2, -0.15) is 0 Å². The van der Waals surface area contributed by atoms with Crippen LogP contribution in [0.5, 0.6) is 0 Å². The van der Waals surface area contributed by atoms with E-state index in [1.54, 1.807) is 6.20 Å². The third-order valence-electron chi connectivity index (χ3n) is 3.01. The number of nitrogens with one attached hydrogen (secondary N) is 1. The van der Waals surface area contributed by atoms with Crippen molar-refractivity contribution >= 4 is 0 Å². The Morgan fingerprint density at radius 2 is 1.78 bits per heavy atom. The predicted octanol–water partition coefficient (Wildman–Crippen LogP) is 4.05. The quantitative estimate of drug-likeness (QED) is 0.712. The Kier molecular flexibility index (Phi) is 2.69. The molecule has 2 aromatic carbocycles. The van der Waals surface area contributed by atoms with E-state index in [1.807, 2.05) is 12.3 Å². The molecule has 3 aromatic rings. The number of aromatic nitrogens is 2. The summed E-state index contributed by atoms with van der Waals surface area (Å²) >= 11 is 0. The van der Waals surface area contributed by atoms with Gasteiger partial charge in [0.1, 0.15) is 5.82 Å². The lowest BCUT2D eigenvalue weighted by Gasteiger charge is -2.09. The van der Waals surface area contributed by atoms with Gasteiger partial charge in [-0.05, 0) is 18.1 Å². The minimum absolute atomic E-state index is 0.911. The topological polar surface area (TPSA) is 28.7 Å². The van der Waals surface area contributed by atoms with Gasteiger partial charge in [-0.15, -0.1) is 0 Å². The Balaban J connectivity index is 2.22. The molecule has 1 N–H and O–H groups in total. The van der Waals surface area contributed by atoms with Gasteiger partial charge in [-0.25, -0.2) is 4.98 Å². The number of imidazole rings is 1. The molecule has 18 heavy (non-hydrogen) atoms. The second-order valence-electron chi connectivity index (χ2n) is 4.35. The SMILES string of the molecule is Cc1ccc(-c2ncc[nH]2)c(-c2ccccc2)c1. The molecule has 2 heteroatoms. The van der Waals surface area contributed by atoms with Crippen LogP contribution in [0.2, 0.25) is 0 Å². The summed E-state index contributed by atoms with van der Waals surface area (Å²) < 4.78 is 0. The second kappa shape index (κ2) is 4.49. The zero-order chi connectivity index (χ0) is 12.4. The maximum absolute atomic E-state index is 4.35.